The molecule has 0 radical (unpaired) electrons. The smallest absolute Gasteiger partial charge is 0.231 e. The summed E-state index contributed by atoms with van der Waals surface area (Å²) in [4.78, 5) is 26.6. The van der Waals surface area contributed by atoms with Crippen LogP contribution in [0, 0.1) is 25.7 Å². The third-order valence-electron chi connectivity index (χ3n) is 4.58. The van der Waals surface area contributed by atoms with Crippen molar-refractivity contribution >= 4 is 34.0 Å². The van der Waals surface area contributed by atoms with Crippen LogP contribution in [0.1, 0.15) is 36.4 Å². The lowest BCUT2D eigenvalue weighted by Gasteiger charge is -2.17. The SMILES string of the molecule is Cc1ccc(N2CC(C(=O)Nc3nnc(CC(C)C)s3)CC2=O)cc1C. The van der Waals surface area contributed by atoms with E-state index in [0.29, 0.717) is 17.6 Å². The molecule has 1 aromatic carbocycles. The van der Waals surface area contributed by atoms with Gasteiger partial charge < -0.3 is 10.2 Å². The summed E-state index contributed by atoms with van der Waals surface area (Å²) in [6.45, 7) is 8.69. The van der Waals surface area contributed by atoms with Crippen molar-refractivity contribution in [3.05, 3.63) is 34.3 Å². The predicted molar refractivity (Wildman–Crippen MR) is 103 cm³/mol. The van der Waals surface area contributed by atoms with Crippen molar-refractivity contribution in [1.82, 2.24) is 10.2 Å². The molecule has 1 atom stereocenters. The van der Waals surface area contributed by atoms with E-state index in [2.05, 4.69) is 29.4 Å². The van der Waals surface area contributed by atoms with E-state index in [1.165, 1.54) is 16.9 Å². The van der Waals surface area contributed by atoms with Gasteiger partial charge in [0.15, 0.2) is 0 Å². The summed E-state index contributed by atoms with van der Waals surface area (Å²) < 4.78 is 0. The largest absolute Gasteiger partial charge is 0.312 e. The van der Waals surface area contributed by atoms with Crippen LogP contribution in [0.3, 0.4) is 0 Å². The van der Waals surface area contributed by atoms with Crippen LogP contribution in [0.4, 0.5) is 10.8 Å². The summed E-state index contributed by atoms with van der Waals surface area (Å²) in [5, 5.41) is 12.4. The van der Waals surface area contributed by atoms with Crippen LogP contribution in [0.25, 0.3) is 0 Å². The maximum absolute atomic E-state index is 12.5. The Balaban J connectivity index is 1.65. The standard InChI is InChI=1S/C19H24N4O2S/c1-11(2)7-16-21-22-19(26-16)20-18(25)14-9-17(24)23(10-14)15-6-5-12(3)13(4)8-15/h5-6,8,11,14H,7,9-10H2,1-4H3,(H,20,22,25). The molecule has 0 aliphatic carbocycles. The molecule has 2 amide bonds. The average Bonchev–Trinajstić information content (AvgIpc) is 3.16. The van der Waals surface area contributed by atoms with Gasteiger partial charge in [0.05, 0.1) is 5.92 Å². The lowest BCUT2D eigenvalue weighted by molar-refractivity contribution is -0.122. The normalized spacial score (nSPS) is 17.2. The molecular weight excluding hydrogens is 348 g/mol. The monoisotopic (exact) mass is 372 g/mol. The Labute approximate surface area is 157 Å². The highest BCUT2D eigenvalue weighted by Gasteiger charge is 2.35. The van der Waals surface area contributed by atoms with Crippen molar-refractivity contribution in [3.63, 3.8) is 0 Å². The molecule has 2 heterocycles. The number of carbonyl (C=O) groups is 2. The second-order valence-corrected chi connectivity index (χ2v) is 8.32. The quantitative estimate of drug-likeness (QED) is 0.873. The van der Waals surface area contributed by atoms with E-state index >= 15 is 0 Å². The number of benzene rings is 1. The number of amides is 2. The molecule has 6 nitrogen and oxygen atoms in total. The molecule has 1 aliphatic heterocycles. The number of carbonyl (C=O) groups excluding carboxylic acids is 2. The number of rotatable bonds is 5. The van der Waals surface area contributed by atoms with Gasteiger partial charge in [-0.3, -0.25) is 9.59 Å². The lowest BCUT2D eigenvalue weighted by atomic mass is 10.1. The summed E-state index contributed by atoms with van der Waals surface area (Å²) in [5.41, 5.74) is 3.17. The number of nitrogens with one attached hydrogen (secondary N) is 1. The van der Waals surface area contributed by atoms with Gasteiger partial charge in [-0.15, -0.1) is 10.2 Å². The molecule has 3 rings (SSSR count). The zero-order valence-electron chi connectivity index (χ0n) is 15.6. The van der Waals surface area contributed by atoms with Crippen molar-refractivity contribution in [2.75, 3.05) is 16.8 Å². The summed E-state index contributed by atoms with van der Waals surface area (Å²) in [7, 11) is 0. The number of hydrogen-bond acceptors (Lipinski definition) is 5. The van der Waals surface area contributed by atoms with E-state index in [1.807, 2.05) is 32.0 Å². The van der Waals surface area contributed by atoms with Crippen LogP contribution in [0.2, 0.25) is 0 Å². The maximum Gasteiger partial charge on any atom is 0.231 e. The molecule has 138 valence electrons. The van der Waals surface area contributed by atoms with E-state index in [9.17, 15) is 9.59 Å². The van der Waals surface area contributed by atoms with E-state index in [4.69, 9.17) is 0 Å². The molecule has 1 N–H and O–H groups in total. The molecular formula is C19H24N4O2S. The van der Waals surface area contributed by atoms with Crippen LogP contribution < -0.4 is 10.2 Å². The molecule has 1 aromatic heterocycles. The first-order valence-electron chi connectivity index (χ1n) is 8.84. The summed E-state index contributed by atoms with van der Waals surface area (Å²) in [5.74, 6) is -0.0740. The molecule has 7 heteroatoms. The van der Waals surface area contributed by atoms with Crippen LogP contribution in [-0.4, -0.2) is 28.6 Å². The van der Waals surface area contributed by atoms with Gasteiger partial charge in [-0.2, -0.15) is 0 Å². The maximum atomic E-state index is 12.5. The first kappa shape index (κ1) is 18.5. The number of aryl methyl sites for hydroxylation is 2. The van der Waals surface area contributed by atoms with Crippen LogP contribution in [-0.2, 0) is 16.0 Å². The molecule has 0 spiro atoms. The van der Waals surface area contributed by atoms with Crippen molar-refractivity contribution in [2.45, 2.75) is 40.5 Å². The fraction of sp³-hybridized carbons (Fsp3) is 0.474. The van der Waals surface area contributed by atoms with Crippen LogP contribution in [0.5, 0.6) is 0 Å². The molecule has 0 saturated carbocycles. The third kappa shape index (κ3) is 4.09. The van der Waals surface area contributed by atoms with Crippen LogP contribution >= 0.6 is 11.3 Å². The number of nitrogens with zero attached hydrogens (tertiary/aromatic N) is 3. The fourth-order valence-electron chi connectivity index (χ4n) is 2.97. The molecule has 1 aliphatic rings. The Morgan fingerprint density at radius 3 is 2.77 bits per heavy atom. The lowest BCUT2D eigenvalue weighted by Crippen LogP contribution is -2.28. The third-order valence-corrected chi connectivity index (χ3v) is 5.44. The highest BCUT2D eigenvalue weighted by atomic mass is 32.1. The Kier molecular flexibility index (Phi) is 5.36. The van der Waals surface area contributed by atoms with Crippen molar-refractivity contribution < 1.29 is 9.59 Å². The molecule has 2 aromatic rings. The highest BCUT2D eigenvalue weighted by Crippen LogP contribution is 2.28. The number of anilines is 2. The van der Waals surface area contributed by atoms with Gasteiger partial charge in [0.1, 0.15) is 5.01 Å². The Bertz CT molecular complexity index is 831. The second kappa shape index (κ2) is 7.53. The van der Waals surface area contributed by atoms with Gasteiger partial charge in [0, 0.05) is 25.1 Å². The molecule has 1 fully saturated rings. The molecule has 26 heavy (non-hydrogen) atoms. The van der Waals surface area contributed by atoms with Gasteiger partial charge >= 0.3 is 0 Å². The van der Waals surface area contributed by atoms with Gasteiger partial charge in [-0.05, 0) is 43.0 Å². The summed E-state index contributed by atoms with van der Waals surface area (Å²) in [6, 6.07) is 5.93. The van der Waals surface area contributed by atoms with E-state index in [0.717, 1.165) is 22.7 Å². The summed E-state index contributed by atoms with van der Waals surface area (Å²) in [6.07, 6.45) is 1.06. The van der Waals surface area contributed by atoms with E-state index in [-0.39, 0.29) is 24.2 Å². The van der Waals surface area contributed by atoms with E-state index < -0.39 is 0 Å². The Morgan fingerprint density at radius 1 is 1.31 bits per heavy atom. The average molecular weight is 372 g/mol. The fourth-order valence-corrected chi connectivity index (χ4v) is 3.92. The molecule has 0 bridgehead atoms. The Morgan fingerprint density at radius 2 is 2.08 bits per heavy atom. The zero-order chi connectivity index (χ0) is 18.8. The van der Waals surface area contributed by atoms with Crippen molar-refractivity contribution in [2.24, 2.45) is 11.8 Å². The second-order valence-electron chi connectivity index (χ2n) is 7.26. The Hall–Kier alpha value is -2.28. The number of hydrogen-bond donors (Lipinski definition) is 1. The first-order chi connectivity index (χ1) is 12.3. The molecule has 1 saturated heterocycles. The summed E-state index contributed by atoms with van der Waals surface area (Å²) >= 11 is 1.40. The van der Waals surface area contributed by atoms with Gasteiger partial charge in [-0.25, -0.2) is 0 Å². The minimum absolute atomic E-state index is 0.0221. The zero-order valence-corrected chi connectivity index (χ0v) is 16.4. The number of aromatic nitrogens is 2. The van der Waals surface area contributed by atoms with Crippen molar-refractivity contribution in [3.8, 4) is 0 Å². The first-order valence-corrected chi connectivity index (χ1v) is 9.66. The highest BCUT2D eigenvalue weighted by molar-refractivity contribution is 7.15. The van der Waals surface area contributed by atoms with Crippen molar-refractivity contribution in [1.29, 1.82) is 0 Å². The minimum atomic E-state index is -0.374. The minimum Gasteiger partial charge on any atom is -0.312 e. The topological polar surface area (TPSA) is 75.2 Å². The van der Waals surface area contributed by atoms with Gasteiger partial charge in [0.25, 0.3) is 0 Å². The molecule has 1 unspecified atom stereocenters. The van der Waals surface area contributed by atoms with Crippen LogP contribution in [0.15, 0.2) is 18.2 Å². The van der Waals surface area contributed by atoms with Gasteiger partial charge in [-0.1, -0.05) is 31.3 Å². The van der Waals surface area contributed by atoms with Gasteiger partial charge in [0.2, 0.25) is 16.9 Å². The predicted octanol–water partition coefficient (Wildman–Crippen LogP) is 3.35. The van der Waals surface area contributed by atoms with E-state index in [1.54, 1.807) is 4.90 Å².